The van der Waals surface area contributed by atoms with Crippen LogP contribution < -0.4 is 5.32 Å². The first-order valence-electron chi connectivity index (χ1n) is 5.37. The number of allylic oxidation sites excluding steroid dienone is 1. The van der Waals surface area contributed by atoms with Gasteiger partial charge in [-0.25, -0.2) is 4.39 Å². The number of halogens is 2. The van der Waals surface area contributed by atoms with E-state index >= 15 is 0 Å². The van der Waals surface area contributed by atoms with Gasteiger partial charge >= 0.3 is 0 Å². The molecule has 0 aliphatic rings. The first-order valence-corrected chi connectivity index (χ1v) is 6.17. The van der Waals surface area contributed by atoms with Crippen molar-refractivity contribution >= 4 is 15.9 Å². The fraction of sp³-hybridized carbons (Fsp3) is 0.385. The van der Waals surface area contributed by atoms with Crippen LogP contribution in [0.1, 0.15) is 18.9 Å². The molecule has 1 rings (SSSR count). The van der Waals surface area contributed by atoms with Gasteiger partial charge in [-0.15, -0.1) is 0 Å². The molecule has 0 aliphatic carbocycles. The van der Waals surface area contributed by atoms with E-state index in [1.165, 1.54) is 11.6 Å². The van der Waals surface area contributed by atoms with E-state index in [0.717, 1.165) is 24.9 Å². The van der Waals surface area contributed by atoms with E-state index in [0.29, 0.717) is 4.47 Å². The third-order valence-electron chi connectivity index (χ3n) is 2.35. The second-order valence-electron chi connectivity index (χ2n) is 3.87. The van der Waals surface area contributed by atoms with Gasteiger partial charge in [0.2, 0.25) is 0 Å². The smallest absolute Gasteiger partial charge is 0.137 e. The average Bonchev–Trinajstić information content (AvgIpc) is 2.24. The summed E-state index contributed by atoms with van der Waals surface area (Å²) >= 11 is 3.20. The zero-order chi connectivity index (χ0) is 12.0. The maximum Gasteiger partial charge on any atom is 0.137 e. The van der Waals surface area contributed by atoms with Gasteiger partial charge in [0.1, 0.15) is 5.82 Å². The molecule has 0 fully saturated rings. The highest BCUT2D eigenvalue weighted by Crippen LogP contribution is 2.18. The van der Waals surface area contributed by atoms with Crippen molar-refractivity contribution in [2.24, 2.45) is 0 Å². The van der Waals surface area contributed by atoms with Crippen LogP contribution >= 0.6 is 15.9 Å². The van der Waals surface area contributed by atoms with E-state index < -0.39 is 0 Å². The van der Waals surface area contributed by atoms with E-state index in [9.17, 15) is 4.39 Å². The molecule has 0 spiro atoms. The third kappa shape index (κ3) is 4.45. The van der Waals surface area contributed by atoms with E-state index in [2.05, 4.69) is 34.2 Å². The van der Waals surface area contributed by atoms with Crippen molar-refractivity contribution in [3.05, 3.63) is 45.7 Å². The van der Waals surface area contributed by atoms with Gasteiger partial charge in [0.25, 0.3) is 0 Å². The van der Waals surface area contributed by atoms with Crippen molar-refractivity contribution in [3.63, 3.8) is 0 Å². The van der Waals surface area contributed by atoms with Crippen molar-refractivity contribution in [3.8, 4) is 0 Å². The lowest BCUT2D eigenvalue weighted by atomic mass is 10.1. The predicted molar refractivity (Wildman–Crippen MR) is 70.1 cm³/mol. The van der Waals surface area contributed by atoms with Crippen LogP contribution in [0.2, 0.25) is 0 Å². The van der Waals surface area contributed by atoms with Crippen LogP contribution in [0.3, 0.4) is 0 Å². The van der Waals surface area contributed by atoms with Crippen LogP contribution in [0.5, 0.6) is 0 Å². The quantitative estimate of drug-likeness (QED) is 0.643. The SMILES string of the molecule is CNCCC=C(C)Cc1ccc(F)c(Br)c1. The van der Waals surface area contributed by atoms with Crippen LogP contribution in [0.25, 0.3) is 0 Å². The van der Waals surface area contributed by atoms with E-state index in [1.807, 2.05) is 19.2 Å². The molecule has 0 amide bonds. The Kier molecular flexibility index (Phi) is 5.71. The number of benzene rings is 1. The lowest BCUT2D eigenvalue weighted by Gasteiger charge is -2.04. The van der Waals surface area contributed by atoms with Crippen LogP contribution in [0.4, 0.5) is 4.39 Å². The summed E-state index contributed by atoms with van der Waals surface area (Å²) in [5.41, 5.74) is 2.44. The molecule has 88 valence electrons. The van der Waals surface area contributed by atoms with Gasteiger partial charge in [-0.2, -0.15) is 0 Å². The summed E-state index contributed by atoms with van der Waals surface area (Å²) in [6.07, 6.45) is 4.13. The molecule has 0 aliphatic heterocycles. The molecule has 1 N–H and O–H groups in total. The van der Waals surface area contributed by atoms with Gasteiger partial charge in [-0.1, -0.05) is 17.7 Å². The summed E-state index contributed by atoms with van der Waals surface area (Å²) in [4.78, 5) is 0. The topological polar surface area (TPSA) is 12.0 Å². The molecular formula is C13H17BrFN. The second-order valence-corrected chi connectivity index (χ2v) is 4.72. The molecule has 1 aromatic rings. The normalized spacial score (nSPS) is 11.9. The zero-order valence-corrected chi connectivity index (χ0v) is 11.3. The Morgan fingerprint density at radius 3 is 2.88 bits per heavy atom. The fourth-order valence-electron chi connectivity index (χ4n) is 1.51. The van der Waals surface area contributed by atoms with Crippen molar-refractivity contribution in [2.45, 2.75) is 19.8 Å². The second kappa shape index (κ2) is 6.81. The number of hydrogen-bond donors (Lipinski definition) is 1. The Labute approximate surface area is 105 Å². The Morgan fingerprint density at radius 2 is 2.25 bits per heavy atom. The van der Waals surface area contributed by atoms with Gasteiger partial charge in [-0.05, 0) is 67.0 Å². The highest BCUT2D eigenvalue weighted by molar-refractivity contribution is 9.10. The van der Waals surface area contributed by atoms with E-state index in [4.69, 9.17) is 0 Å². The summed E-state index contributed by atoms with van der Waals surface area (Å²) < 4.78 is 13.6. The molecule has 0 saturated heterocycles. The molecular weight excluding hydrogens is 269 g/mol. The Hall–Kier alpha value is -0.670. The number of nitrogens with one attached hydrogen (secondary N) is 1. The lowest BCUT2D eigenvalue weighted by molar-refractivity contribution is 0.620. The van der Waals surface area contributed by atoms with E-state index in [1.54, 1.807) is 0 Å². The van der Waals surface area contributed by atoms with Crippen molar-refractivity contribution in [2.75, 3.05) is 13.6 Å². The maximum absolute atomic E-state index is 13.0. The number of rotatable bonds is 5. The highest BCUT2D eigenvalue weighted by Gasteiger charge is 2.00. The van der Waals surface area contributed by atoms with Crippen molar-refractivity contribution in [1.29, 1.82) is 0 Å². The van der Waals surface area contributed by atoms with Crippen LogP contribution in [0.15, 0.2) is 34.3 Å². The molecule has 0 saturated carbocycles. The van der Waals surface area contributed by atoms with Crippen LogP contribution in [0, 0.1) is 5.82 Å². The summed E-state index contributed by atoms with van der Waals surface area (Å²) in [5, 5.41) is 3.10. The van der Waals surface area contributed by atoms with Gasteiger partial charge in [0.15, 0.2) is 0 Å². The minimum atomic E-state index is -0.208. The minimum Gasteiger partial charge on any atom is -0.319 e. The average molecular weight is 286 g/mol. The summed E-state index contributed by atoms with van der Waals surface area (Å²) in [6.45, 7) is 3.09. The molecule has 0 aromatic heterocycles. The first kappa shape index (κ1) is 13.4. The fourth-order valence-corrected chi connectivity index (χ4v) is 1.93. The van der Waals surface area contributed by atoms with Crippen molar-refractivity contribution < 1.29 is 4.39 Å². The maximum atomic E-state index is 13.0. The molecule has 16 heavy (non-hydrogen) atoms. The molecule has 0 bridgehead atoms. The summed E-state index contributed by atoms with van der Waals surface area (Å²) in [5.74, 6) is -0.208. The molecule has 0 unspecified atom stereocenters. The number of hydrogen-bond acceptors (Lipinski definition) is 1. The van der Waals surface area contributed by atoms with Gasteiger partial charge in [-0.3, -0.25) is 0 Å². The standard InChI is InChI=1S/C13H17BrFN/c1-10(4-3-7-16-2)8-11-5-6-13(15)12(14)9-11/h4-6,9,16H,3,7-8H2,1-2H3. The highest BCUT2D eigenvalue weighted by atomic mass is 79.9. The lowest BCUT2D eigenvalue weighted by Crippen LogP contribution is -2.06. The third-order valence-corrected chi connectivity index (χ3v) is 2.96. The van der Waals surface area contributed by atoms with Gasteiger partial charge in [0.05, 0.1) is 4.47 Å². The summed E-state index contributed by atoms with van der Waals surface area (Å²) in [6, 6.07) is 5.17. The monoisotopic (exact) mass is 285 g/mol. The summed E-state index contributed by atoms with van der Waals surface area (Å²) in [7, 11) is 1.94. The van der Waals surface area contributed by atoms with Crippen molar-refractivity contribution in [1.82, 2.24) is 5.32 Å². The van der Waals surface area contributed by atoms with Gasteiger partial charge in [0, 0.05) is 0 Å². The Bertz CT molecular complexity index is 374. The first-order chi connectivity index (χ1) is 7.63. The Balaban J connectivity index is 2.59. The molecule has 1 aromatic carbocycles. The van der Waals surface area contributed by atoms with E-state index in [-0.39, 0.29) is 5.82 Å². The molecule has 0 atom stereocenters. The van der Waals surface area contributed by atoms with Crippen LogP contribution in [-0.4, -0.2) is 13.6 Å². The van der Waals surface area contributed by atoms with Gasteiger partial charge < -0.3 is 5.32 Å². The molecule has 0 heterocycles. The van der Waals surface area contributed by atoms with Crippen LogP contribution in [-0.2, 0) is 6.42 Å². The molecule has 1 nitrogen and oxygen atoms in total. The Morgan fingerprint density at radius 1 is 1.50 bits per heavy atom. The predicted octanol–water partition coefficient (Wildman–Crippen LogP) is 3.69. The largest absolute Gasteiger partial charge is 0.319 e. The zero-order valence-electron chi connectivity index (χ0n) is 9.69. The molecule has 0 radical (unpaired) electrons. The minimum absolute atomic E-state index is 0.208. The molecule has 3 heteroatoms.